The van der Waals surface area contributed by atoms with E-state index < -0.39 is 0 Å². The molecule has 18 aromatic rings. The number of hydrogen-bond donors (Lipinski definition) is 0. The Kier molecular flexibility index (Phi) is 8.24. The van der Waals surface area contributed by atoms with Crippen molar-refractivity contribution in [2.75, 3.05) is 0 Å². The molecule has 362 valence electrons. The van der Waals surface area contributed by atoms with Crippen LogP contribution in [-0.2, 0) is 0 Å². The Morgan fingerprint density at radius 3 is 1.03 bits per heavy atom. The van der Waals surface area contributed by atoms with E-state index in [-0.39, 0.29) is 0 Å². The van der Waals surface area contributed by atoms with Crippen LogP contribution in [-0.4, -0.2) is 23.7 Å². The molecule has 0 aliphatic heterocycles. The monoisotopic (exact) mass is 997 g/mol. The number of benzene rings is 11. The maximum Gasteiger partial charge on any atom is 0.238 e. The second-order valence-corrected chi connectivity index (χ2v) is 20.5. The molecule has 0 spiro atoms. The normalized spacial score (nSPS) is 12.4. The van der Waals surface area contributed by atoms with Gasteiger partial charge in [-0.15, -0.1) is 0 Å². The van der Waals surface area contributed by atoms with Crippen LogP contribution in [0.1, 0.15) is 0 Å². The third-order valence-electron chi connectivity index (χ3n) is 16.3. The van der Waals surface area contributed by atoms with Crippen molar-refractivity contribution in [2.24, 2.45) is 0 Å². The van der Waals surface area contributed by atoms with E-state index in [1.165, 1.54) is 0 Å². The summed E-state index contributed by atoms with van der Waals surface area (Å²) in [5.74, 6) is 2.01. The highest BCUT2D eigenvalue weighted by Crippen LogP contribution is 2.43. The number of rotatable bonds is 5. The van der Waals surface area contributed by atoms with Crippen molar-refractivity contribution in [3.05, 3.63) is 237 Å². The van der Waals surface area contributed by atoms with Gasteiger partial charge in [-0.1, -0.05) is 133 Å². The van der Waals surface area contributed by atoms with Gasteiger partial charge in [0.2, 0.25) is 5.95 Å². The molecule has 18 rings (SSSR count). The van der Waals surface area contributed by atoms with Crippen LogP contribution >= 0.6 is 0 Å². The van der Waals surface area contributed by atoms with E-state index in [0.717, 1.165) is 165 Å². The first-order valence-electron chi connectivity index (χ1n) is 26.3. The van der Waals surface area contributed by atoms with Gasteiger partial charge in [0, 0.05) is 76.8 Å². The number of hydrogen-bond acceptors (Lipinski definition) is 5. The Bertz CT molecular complexity index is 5360. The van der Waals surface area contributed by atoms with Gasteiger partial charge in [-0.3, -0.25) is 13.7 Å². The first-order valence-corrected chi connectivity index (χ1v) is 26.3. The summed E-state index contributed by atoms with van der Waals surface area (Å²) in [5, 5.41) is 13.3. The molecular formula is C70H39N5O3. The van der Waals surface area contributed by atoms with Gasteiger partial charge >= 0.3 is 0 Å². The van der Waals surface area contributed by atoms with Gasteiger partial charge < -0.3 is 13.3 Å². The van der Waals surface area contributed by atoms with E-state index in [0.29, 0.717) is 5.95 Å². The fourth-order valence-electron chi connectivity index (χ4n) is 12.8. The van der Waals surface area contributed by atoms with Gasteiger partial charge in [-0.25, -0.2) is 0 Å². The van der Waals surface area contributed by atoms with Crippen LogP contribution < -0.4 is 0 Å². The minimum Gasteiger partial charge on any atom is -0.456 e. The molecule has 0 fully saturated rings. The van der Waals surface area contributed by atoms with Crippen molar-refractivity contribution < 1.29 is 13.3 Å². The molecule has 0 radical (unpaired) electrons. The summed E-state index contributed by atoms with van der Waals surface area (Å²) in [6.07, 6.45) is 0. The second-order valence-electron chi connectivity index (χ2n) is 20.5. The number of para-hydroxylation sites is 6. The molecular weight excluding hydrogens is 959 g/mol. The zero-order valence-electron chi connectivity index (χ0n) is 41.5. The van der Waals surface area contributed by atoms with Crippen LogP contribution in [0.3, 0.4) is 0 Å². The van der Waals surface area contributed by atoms with Crippen LogP contribution in [0.4, 0.5) is 0 Å². The summed E-state index contributed by atoms with van der Waals surface area (Å²) >= 11 is 0. The van der Waals surface area contributed by atoms with Gasteiger partial charge in [0.05, 0.1) is 33.1 Å². The second kappa shape index (κ2) is 15.4. The average molecular weight is 998 g/mol. The van der Waals surface area contributed by atoms with Gasteiger partial charge in [-0.2, -0.15) is 9.97 Å². The Labute approximate surface area is 442 Å². The lowest BCUT2D eigenvalue weighted by Gasteiger charge is -2.15. The van der Waals surface area contributed by atoms with Crippen LogP contribution in [0, 0.1) is 0 Å². The first kappa shape index (κ1) is 41.6. The lowest BCUT2D eigenvalue weighted by molar-refractivity contribution is 0.668. The molecule has 7 aromatic heterocycles. The lowest BCUT2D eigenvalue weighted by atomic mass is 10.0. The number of fused-ring (bicyclic) bond motifs is 18. The van der Waals surface area contributed by atoms with E-state index in [9.17, 15) is 0 Å². The van der Waals surface area contributed by atoms with E-state index in [1.807, 2.05) is 36.4 Å². The molecule has 0 saturated carbocycles. The highest BCUT2D eigenvalue weighted by Gasteiger charge is 2.24. The quantitative estimate of drug-likeness (QED) is 0.172. The Morgan fingerprint density at radius 1 is 0.218 bits per heavy atom. The van der Waals surface area contributed by atoms with E-state index >= 15 is 0 Å². The summed E-state index contributed by atoms with van der Waals surface area (Å²) in [6, 6.07) is 83.8. The van der Waals surface area contributed by atoms with Crippen molar-refractivity contribution in [1.29, 1.82) is 0 Å². The molecule has 0 aliphatic carbocycles. The summed E-state index contributed by atoms with van der Waals surface area (Å²) in [4.78, 5) is 11.4. The van der Waals surface area contributed by atoms with E-state index in [4.69, 9.17) is 23.2 Å². The molecule has 0 unspecified atom stereocenters. The summed E-state index contributed by atoms with van der Waals surface area (Å²) in [5.41, 5.74) is 15.8. The SMILES string of the molecule is c1ccc2c(c1)oc1ccc(-c3ccc4c(c3)c3ccccc3n4-c3cc(-n4c5ccccc5c5cc(-c6ccc7oc8ccccc8c7c6)ccc54)nc(-n4c5ccccc5c5cc6c(cc54)oc4ccccc46)n3)cc12. The third-order valence-corrected chi connectivity index (χ3v) is 16.3. The molecule has 8 heteroatoms. The predicted molar refractivity (Wildman–Crippen MR) is 318 cm³/mol. The largest absolute Gasteiger partial charge is 0.456 e. The number of aromatic nitrogens is 5. The minimum absolute atomic E-state index is 0.538. The smallest absolute Gasteiger partial charge is 0.238 e. The Balaban J connectivity index is 0.896. The van der Waals surface area contributed by atoms with Crippen molar-refractivity contribution in [3.8, 4) is 39.8 Å². The van der Waals surface area contributed by atoms with Gasteiger partial charge in [-0.05, 0) is 113 Å². The highest BCUT2D eigenvalue weighted by atomic mass is 16.3. The first-order chi connectivity index (χ1) is 38.6. The van der Waals surface area contributed by atoms with Crippen molar-refractivity contribution in [1.82, 2.24) is 23.7 Å². The van der Waals surface area contributed by atoms with Gasteiger partial charge in [0.25, 0.3) is 0 Å². The third kappa shape index (κ3) is 5.82. The zero-order chi connectivity index (χ0) is 50.7. The van der Waals surface area contributed by atoms with Crippen LogP contribution in [0.25, 0.3) is 171 Å². The Hall–Kier alpha value is -10.7. The van der Waals surface area contributed by atoms with Gasteiger partial charge in [0.15, 0.2) is 0 Å². The zero-order valence-corrected chi connectivity index (χ0v) is 41.5. The van der Waals surface area contributed by atoms with Crippen molar-refractivity contribution in [2.45, 2.75) is 0 Å². The number of furan rings is 3. The summed E-state index contributed by atoms with van der Waals surface area (Å²) in [7, 11) is 0. The fraction of sp³-hybridized carbons (Fsp3) is 0. The number of nitrogens with zero attached hydrogens (tertiary/aromatic N) is 5. The molecule has 0 aliphatic rings. The van der Waals surface area contributed by atoms with Crippen molar-refractivity contribution >= 4 is 131 Å². The molecule has 0 bridgehead atoms. The van der Waals surface area contributed by atoms with Gasteiger partial charge in [0.1, 0.15) is 45.1 Å². The average Bonchev–Trinajstić information content (AvgIpc) is 4.46. The van der Waals surface area contributed by atoms with E-state index in [1.54, 1.807) is 0 Å². The maximum absolute atomic E-state index is 6.59. The topological polar surface area (TPSA) is 80.0 Å². The maximum atomic E-state index is 6.59. The molecule has 0 N–H and O–H groups in total. The summed E-state index contributed by atoms with van der Waals surface area (Å²) in [6.45, 7) is 0. The van der Waals surface area contributed by atoms with Crippen LogP contribution in [0.15, 0.2) is 250 Å². The molecule has 0 saturated heterocycles. The highest BCUT2D eigenvalue weighted by molar-refractivity contribution is 6.18. The molecule has 7 heterocycles. The molecule has 0 atom stereocenters. The molecule has 0 amide bonds. The van der Waals surface area contributed by atoms with Crippen molar-refractivity contribution in [3.63, 3.8) is 0 Å². The van der Waals surface area contributed by atoms with Crippen LogP contribution in [0.2, 0.25) is 0 Å². The molecule has 8 nitrogen and oxygen atoms in total. The summed E-state index contributed by atoms with van der Waals surface area (Å²) < 4.78 is 25.9. The molecule has 11 aromatic carbocycles. The standard InChI is InChI=1S/C70H39N5O3/c1-7-19-56-44(13-1)50-33-40(42-27-31-65-53(35-42)47-16-4-10-22-62(47)76-65)25-29-59(50)73(56)68-39-69(72-70(71-68)75-58-21-9-3-15-46(58)52-37-55-49-18-6-12-24-64(49)78-67(55)38-61(52)75)74-57-20-8-2-14-45(57)51-34-41(26-30-60(51)74)43-28-32-66-54(36-43)48-17-5-11-23-63(48)77-66/h1-39H. The van der Waals surface area contributed by atoms with E-state index in [2.05, 4.69) is 214 Å². The Morgan fingerprint density at radius 2 is 0.551 bits per heavy atom. The fourth-order valence-corrected chi connectivity index (χ4v) is 12.8. The lowest BCUT2D eigenvalue weighted by Crippen LogP contribution is -2.10. The predicted octanol–water partition coefficient (Wildman–Crippen LogP) is 18.8. The van der Waals surface area contributed by atoms with Crippen LogP contribution in [0.5, 0.6) is 0 Å². The minimum atomic E-state index is 0.538. The molecule has 78 heavy (non-hydrogen) atoms.